The Morgan fingerprint density at radius 1 is 0.933 bits per heavy atom. The Balaban J connectivity index is 1.51. The number of ether oxygens (including phenoxy) is 3. The molecule has 0 radical (unpaired) electrons. The van der Waals surface area contributed by atoms with Crippen LogP contribution in [-0.2, 0) is 10.0 Å². The van der Waals surface area contributed by atoms with Gasteiger partial charge < -0.3 is 19.5 Å². The van der Waals surface area contributed by atoms with Crippen LogP contribution >= 0.6 is 0 Å². The van der Waals surface area contributed by atoms with Gasteiger partial charge in [-0.05, 0) is 54.6 Å². The lowest BCUT2D eigenvalue weighted by atomic mass is 10.2. The number of anilines is 2. The van der Waals surface area contributed by atoms with Gasteiger partial charge in [-0.25, -0.2) is 8.42 Å². The molecule has 3 aromatic carbocycles. The molecule has 0 fully saturated rings. The highest BCUT2D eigenvalue weighted by atomic mass is 32.2. The van der Waals surface area contributed by atoms with E-state index in [-0.39, 0.29) is 17.3 Å². The zero-order chi connectivity index (χ0) is 21.1. The average Bonchev–Trinajstić information content (AvgIpc) is 3.22. The number of carbonyl (C=O) groups is 1. The molecule has 0 bridgehead atoms. The number of rotatable bonds is 6. The molecule has 2 N–H and O–H groups in total. The molecule has 1 heterocycles. The summed E-state index contributed by atoms with van der Waals surface area (Å²) in [5.41, 5.74) is 1.10. The van der Waals surface area contributed by atoms with Crippen molar-refractivity contribution in [1.29, 1.82) is 0 Å². The van der Waals surface area contributed by atoms with Gasteiger partial charge >= 0.3 is 0 Å². The summed E-state index contributed by atoms with van der Waals surface area (Å²) in [7, 11) is -2.36. The van der Waals surface area contributed by atoms with E-state index >= 15 is 0 Å². The van der Waals surface area contributed by atoms with Crippen molar-refractivity contribution < 1.29 is 27.4 Å². The Labute approximate surface area is 173 Å². The second-order valence-corrected chi connectivity index (χ2v) is 8.07. The fourth-order valence-corrected chi connectivity index (χ4v) is 3.95. The lowest BCUT2D eigenvalue weighted by Gasteiger charge is -2.10. The summed E-state index contributed by atoms with van der Waals surface area (Å²) in [4.78, 5) is 12.5. The number of benzene rings is 3. The van der Waals surface area contributed by atoms with Crippen LogP contribution in [0, 0.1) is 0 Å². The van der Waals surface area contributed by atoms with Crippen LogP contribution in [-0.4, -0.2) is 28.2 Å². The van der Waals surface area contributed by atoms with Gasteiger partial charge in [-0.3, -0.25) is 9.52 Å². The fourth-order valence-electron chi connectivity index (χ4n) is 2.86. The molecule has 0 unspecified atom stereocenters. The van der Waals surface area contributed by atoms with Crippen molar-refractivity contribution in [2.24, 2.45) is 0 Å². The van der Waals surface area contributed by atoms with E-state index in [2.05, 4.69) is 10.0 Å². The van der Waals surface area contributed by atoms with Crippen LogP contribution < -0.4 is 24.2 Å². The molecular weight excluding hydrogens is 408 g/mol. The molecule has 30 heavy (non-hydrogen) atoms. The molecule has 1 aliphatic heterocycles. The first-order valence-electron chi connectivity index (χ1n) is 8.92. The summed E-state index contributed by atoms with van der Waals surface area (Å²) in [5, 5.41) is 2.73. The van der Waals surface area contributed by atoms with Crippen LogP contribution in [0.4, 0.5) is 11.4 Å². The molecule has 3 aromatic rings. The molecule has 0 aliphatic carbocycles. The lowest BCUT2D eigenvalue weighted by molar-refractivity contribution is 0.102. The second kappa shape index (κ2) is 7.96. The van der Waals surface area contributed by atoms with Gasteiger partial charge in [-0.15, -0.1) is 0 Å². The van der Waals surface area contributed by atoms with E-state index in [0.29, 0.717) is 28.6 Å². The van der Waals surface area contributed by atoms with Crippen molar-refractivity contribution in [2.45, 2.75) is 4.90 Å². The molecule has 0 saturated heterocycles. The highest BCUT2D eigenvalue weighted by Gasteiger charge is 2.19. The van der Waals surface area contributed by atoms with Crippen molar-refractivity contribution in [3.63, 3.8) is 0 Å². The Morgan fingerprint density at radius 2 is 1.67 bits per heavy atom. The first-order valence-corrected chi connectivity index (χ1v) is 10.4. The average molecular weight is 426 g/mol. The van der Waals surface area contributed by atoms with Crippen LogP contribution in [0.5, 0.6) is 17.2 Å². The van der Waals surface area contributed by atoms with Gasteiger partial charge in [-0.2, -0.15) is 0 Å². The van der Waals surface area contributed by atoms with Gasteiger partial charge in [0.15, 0.2) is 11.5 Å². The highest BCUT2D eigenvalue weighted by Crippen LogP contribution is 2.34. The molecule has 9 heteroatoms. The van der Waals surface area contributed by atoms with E-state index < -0.39 is 15.9 Å². The van der Waals surface area contributed by atoms with Gasteiger partial charge in [0, 0.05) is 17.3 Å². The maximum atomic E-state index is 12.8. The van der Waals surface area contributed by atoms with Gasteiger partial charge in [0.05, 0.1) is 17.7 Å². The smallest absolute Gasteiger partial charge is 0.261 e. The number of hydrogen-bond donors (Lipinski definition) is 2. The van der Waals surface area contributed by atoms with Gasteiger partial charge in [-0.1, -0.05) is 6.07 Å². The van der Waals surface area contributed by atoms with Gasteiger partial charge in [0.2, 0.25) is 6.79 Å². The number of methoxy groups -OCH3 is 1. The van der Waals surface area contributed by atoms with Crippen LogP contribution in [0.15, 0.2) is 71.6 Å². The summed E-state index contributed by atoms with van der Waals surface area (Å²) in [6.45, 7) is 0.0941. The first kappa shape index (κ1) is 19.6. The second-order valence-electron chi connectivity index (χ2n) is 6.38. The molecule has 154 valence electrons. The van der Waals surface area contributed by atoms with Crippen LogP contribution in [0.1, 0.15) is 10.4 Å². The van der Waals surface area contributed by atoms with E-state index in [1.165, 1.54) is 18.2 Å². The molecular formula is C21H18N2O6S. The number of nitrogens with one attached hydrogen (secondary N) is 2. The third-order valence-corrected chi connectivity index (χ3v) is 5.76. The van der Waals surface area contributed by atoms with Crippen LogP contribution in [0.2, 0.25) is 0 Å². The van der Waals surface area contributed by atoms with Crippen molar-refractivity contribution in [3.8, 4) is 17.2 Å². The Morgan fingerprint density at radius 3 is 2.43 bits per heavy atom. The third-order valence-electron chi connectivity index (χ3n) is 4.38. The fraction of sp³-hybridized carbons (Fsp3) is 0.0952. The zero-order valence-corrected chi connectivity index (χ0v) is 16.7. The van der Waals surface area contributed by atoms with Crippen molar-refractivity contribution in [3.05, 3.63) is 72.3 Å². The monoisotopic (exact) mass is 426 g/mol. The largest absolute Gasteiger partial charge is 0.497 e. The topological polar surface area (TPSA) is 103 Å². The zero-order valence-electron chi connectivity index (χ0n) is 15.9. The van der Waals surface area contributed by atoms with E-state index in [1.807, 2.05) is 0 Å². The van der Waals surface area contributed by atoms with Crippen molar-refractivity contribution in [1.82, 2.24) is 0 Å². The van der Waals surface area contributed by atoms with E-state index in [9.17, 15) is 13.2 Å². The number of fused-ring (bicyclic) bond motifs is 1. The van der Waals surface area contributed by atoms with E-state index in [0.717, 1.165) is 0 Å². The molecule has 1 amide bonds. The standard InChI is InChI=1S/C21H18N2O6S/c1-27-17-8-5-15(6-9-17)22-21(24)14-3-2-4-18(11-14)30(25,26)23-16-7-10-19-20(12-16)29-13-28-19/h2-12,23H,13H2,1H3,(H,22,24). The summed E-state index contributed by atoms with van der Waals surface area (Å²) in [6, 6.07) is 17.3. The predicted molar refractivity (Wildman–Crippen MR) is 111 cm³/mol. The number of amides is 1. The van der Waals surface area contributed by atoms with Crippen LogP contribution in [0.3, 0.4) is 0 Å². The number of hydrogen-bond acceptors (Lipinski definition) is 6. The molecule has 8 nitrogen and oxygen atoms in total. The van der Waals surface area contributed by atoms with E-state index in [4.69, 9.17) is 14.2 Å². The summed E-state index contributed by atoms with van der Waals surface area (Å²) >= 11 is 0. The van der Waals surface area contributed by atoms with Crippen molar-refractivity contribution >= 4 is 27.3 Å². The molecule has 0 atom stereocenters. The first-order chi connectivity index (χ1) is 14.4. The maximum absolute atomic E-state index is 12.8. The highest BCUT2D eigenvalue weighted by molar-refractivity contribution is 7.92. The number of carbonyl (C=O) groups excluding carboxylic acids is 1. The van der Waals surface area contributed by atoms with Crippen molar-refractivity contribution in [2.75, 3.05) is 23.9 Å². The third kappa shape index (κ3) is 4.15. The normalized spacial score (nSPS) is 12.3. The minimum Gasteiger partial charge on any atom is -0.497 e. The van der Waals surface area contributed by atoms with Gasteiger partial charge in [0.1, 0.15) is 5.75 Å². The molecule has 4 rings (SSSR count). The summed E-state index contributed by atoms with van der Waals surface area (Å²) in [5.74, 6) is 1.24. The van der Waals surface area contributed by atoms with Gasteiger partial charge in [0.25, 0.3) is 15.9 Å². The van der Waals surface area contributed by atoms with E-state index in [1.54, 1.807) is 55.6 Å². The summed E-state index contributed by atoms with van der Waals surface area (Å²) < 4.78 is 43.6. The maximum Gasteiger partial charge on any atom is 0.261 e. The lowest BCUT2D eigenvalue weighted by Crippen LogP contribution is -2.16. The molecule has 1 aliphatic rings. The Hall–Kier alpha value is -3.72. The summed E-state index contributed by atoms with van der Waals surface area (Å²) in [6.07, 6.45) is 0. The minimum atomic E-state index is -3.91. The quantitative estimate of drug-likeness (QED) is 0.626. The molecule has 0 spiro atoms. The molecule has 0 aromatic heterocycles. The Bertz CT molecular complexity index is 1190. The molecule has 0 saturated carbocycles. The number of sulfonamides is 1. The minimum absolute atomic E-state index is 0.0393. The predicted octanol–water partition coefficient (Wildman–Crippen LogP) is 3.48. The SMILES string of the molecule is COc1ccc(NC(=O)c2cccc(S(=O)(=O)Nc3ccc4c(c3)OCO4)c2)cc1. The Kier molecular flexibility index (Phi) is 5.20. The van der Waals surface area contributed by atoms with Crippen LogP contribution in [0.25, 0.3) is 0 Å².